The minimum Gasteiger partial charge on any atom is -0.358 e. The minimum atomic E-state index is -0.176. The monoisotopic (exact) mass is 311 g/mol. The average Bonchev–Trinajstić information content (AvgIpc) is 3.12. The molecule has 112 valence electrons. The summed E-state index contributed by atoms with van der Waals surface area (Å²) in [5, 5.41) is 7.06. The number of hydrazone groups is 1. The normalized spacial score (nSPS) is 11.4. The highest BCUT2D eigenvalue weighted by Crippen LogP contribution is 2.20. The van der Waals surface area contributed by atoms with Gasteiger partial charge in [0.25, 0.3) is 5.91 Å². The molecule has 2 heterocycles. The van der Waals surface area contributed by atoms with E-state index in [0.29, 0.717) is 5.56 Å². The number of aromatic nitrogens is 1. The van der Waals surface area contributed by atoms with Crippen LogP contribution < -0.4 is 5.43 Å². The van der Waals surface area contributed by atoms with Gasteiger partial charge in [-0.2, -0.15) is 5.10 Å². The summed E-state index contributed by atoms with van der Waals surface area (Å²) in [4.78, 5) is 16.5. The van der Waals surface area contributed by atoms with Crippen LogP contribution in [0.5, 0.6) is 0 Å². The molecule has 0 unspecified atom stereocenters. The lowest BCUT2D eigenvalue weighted by Crippen LogP contribution is -2.16. The van der Waals surface area contributed by atoms with Crippen molar-refractivity contribution in [2.45, 2.75) is 20.3 Å². The zero-order chi connectivity index (χ0) is 15.5. The van der Waals surface area contributed by atoms with Gasteiger partial charge >= 0.3 is 0 Å². The van der Waals surface area contributed by atoms with Crippen LogP contribution in [0.15, 0.2) is 40.8 Å². The number of fused-ring (bicyclic) bond motifs is 1. The zero-order valence-corrected chi connectivity index (χ0v) is 13.3. The summed E-state index contributed by atoms with van der Waals surface area (Å²) >= 11 is 1.60. The first-order valence-corrected chi connectivity index (χ1v) is 8.05. The van der Waals surface area contributed by atoms with Crippen molar-refractivity contribution >= 4 is 34.4 Å². The van der Waals surface area contributed by atoms with Crippen LogP contribution in [-0.2, 0) is 6.42 Å². The molecule has 0 fully saturated rings. The Morgan fingerprint density at radius 3 is 3.00 bits per heavy atom. The van der Waals surface area contributed by atoms with E-state index >= 15 is 0 Å². The van der Waals surface area contributed by atoms with Crippen molar-refractivity contribution < 1.29 is 4.79 Å². The first kappa shape index (κ1) is 14.5. The largest absolute Gasteiger partial charge is 0.358 e. The molecule has 0 saturated carbocycles. The maximum atomic E-state index is 12.0. The lowest BCUT2D eigenvalue weighted by atomic mass is 10.1. The molecule has 2 N–H and O–H groups in total. The molecule has 3 rings (SSSR count). The van der Waals surface area contributed by atoms with Gasteiger partial charge in [0.1, 0.15) is 0 Å². The Kier molecular flexibility index (Phi) is 4.06. The van der Waals surface area contributed by atoms with Crippen LogP contribution in [0.2, 0.25) is 0 Å². The highest BCUT2D eigenvalue weighted by molar-refractivity contribution is 7.10. The van der Waals surface area contributed by atoms with Crippen molar-refractivity contribution in [3.63, 3.8) is 0 Å². The number of carbonyl (C=O) groups excluding carboxylic acids is 1. The second kappa shape index (κ2) is 6.15. The lowest BCUT2D eigenvalue weighted by molar-refractivity contribution is 0.0955. The van der Waals surface area contributed by atoms with Crippen LogP contribution in [0.3, 0.4) is 0 Å². The van der Waals surface area contributed by atoms with Gasteiger partial charge in [0.05, 0.1) is 11.8 Å². The van der Waals surface area contributed by atoms with Gasteiger partial charge in [-0.15, -0.1) is 11.3 Å². The number of H-pyrrole nitrogens is 1. The fourth-order valence-corrected chi connectivity index (χ4v) is 3.18. The second-order valence-corrected chi connectivity index (χ2v) is 6.06. The molecule has 1 amide bonds. The summed E-state index contributed by atoms with van der Waals surface area (Å²) in [6.45, 7) is 4.07. The number of rotatable bonds is 4. The molecule has 0 saturated heterocycles. The van der Waals surface area contributed by atoms with E-state index < -0.39 is 0 Å². The van der Waals surface area contributed by atoms with E-state index in [4.69, 9.17) is 0 Å². The minimum absolute atomic E-state index is 0.176. The number of hydrogen-bond acceptors (Lipinski definition) is 3. The summed E-state index contributed by atoms with van der Waals surface area (Å²) in [5.74, 6) is -0.176. The van der Waals surface area contributed by atoms with Gasteiger partial charge in [0, 0.05) is 32.4 Å². The molecule has 5 heteroatoms. The molecule has 0 radical (unpaired) electrons. The van der Waals surface area contributed by atoms with Gasteiger partial charge in [-0.3, -0.25) is 4.79 Å². The van der Waals surface area contributed by atoms with E-state index in [1.807, 2.05) is 42.6 Å². The number of nitrogens with zero attached hydrogens (tertiary/aromatic N) is 1. The molecule has 0 aliphatic rings. The van der Waals surface area contributed by atoms with Crippen molar-refractivity contribution in [2.75, 3.05) is 0 Å². The third kappa shape index (κ3) is 2.80. The molecule has 1 aromatic carbocycles. The average molecular weight is 311 g/mol. The fraction of sp³-hybridized carbons (Fsp3) is 0.176. The summed E-state index contributed by atoms with van der Waals surface area (Å²) in [6, 6.07) is 9.95. The molecule has 0 bridgehead atoms. The van der Waals surface area contributed by atoms with Crippen LogP contribution in [0.25, 0.3) is 10.9 Å². The van der Waals surface area contributed by atoms with E-state index in [-0.39, 0.29) is 5.91 Å². The smallest absolute Gasteiger partial charge is 0.272 e. The van der Waals surface area contributed by atoms with Gasteiger partial charge in [0.2, 0.25) is 0 Å². The van der Waals surface area contributed by atoms with Crippen molar-refractivity contribution in [1.29, 1.82) is 0 Å². The number of hydrogen-bond donors (Lipinski definition) is 2. The molecule has 3 aromatic rings. The predicted molar refractivity (Wildman–Crippen MR) is 91.8 cm³/mol. The van der Waals surface area contributed by atoms with Crippen molar-refractivity contribution in [3.05, 3.63) is 57.4 Å². The second-order valence-electron chi connectivity index (χ2n) is 5.06. The topological polar surface area (TPSA) is 57.2 Å². The van der Waals surface area contributed by atoms with Crippen LogP contribution in [0.4, 0.5) is 0 Å². The summed E-state index contributed by atoms with van der Waals surface area (Å²) in [7, 11) is 0. The van der Waals surface area contributed by atoms with Crippen molar-refractivity contribution in [3.8, 4) is 0 Å². The third-order valence-corrected chi connectivity index (χ3v) is 4.65. The Morgan fingerprint density at radius 2 is 2.23 bits per heavy atom. The number of benzene rings is 1. The lowest BCUT2D eigenvalue weighted by Gasteiger charge is -1.96. The number of nitrogens with one attached hydrogen (secondary N) is 2. The number of amides is 1. The number of aryl methyl sites for hydroxylation is 2. The van der Waals surface area contributed by atoms with Crippen LogP contribution in [-0.4, -0.2) is 17.1 Å². The van der Waals surface area contributed by atoms with E-state index in [1.165, 1.54) is 4.88 Å². The maximum absolute atomic E-state index is 12.0. The zero-order valence-electron chi connectivity index (χ0n) is 12.5. The number of aromatic amines is 1. The molecule has 0 aliphatic heterocycles. The fourth-order valence-electron chi connectivity index (χ4n) is 2.37. The predicted octanol–water partition coefficient (Wildman–Crippen LogP) is 3.86. The summed E-state index contributed by atoms with van der Waals surface area (Å²) in [5.41, 5.74) is 6.35. The maximum Gasteiger partial charge on any atom is 0.272 e. The Labute approximate surface area is 132 Å². The summed E-state index contributed by atoms with van der Waals surface area (Å²) in [6.07, 6.45) is 2.63. The molecular formula is C17H17N3OS. The highest BCUT2D eigenvalue weighted by atomic mass is 32.1. The standard InChI is InChI=1S/C17H17N3OS/c1-3-13-8-12(10-22-13)17(21)20-18-9-15-11(2)19-16-7-5-4-6-14(15)16/h4-10,19H,3H2,1-2H3,(H,20,21)/b18-9-. The van der Waals surface area contributed by atoms with Crippen LogP contribution in [0.1, 0.15) is 33.4 Å². The van der Waals surface area contributed by atoms with Crippen LogP contribution >= 0.6 is 11.3 Å². The first-order valence-electron chi connectivity index (χ1n) is 7.17. The molecule has 2 aromatic heterocycles. The third-order valence-electron chi connectivity index (χ3n) is 3.57. The van der Waals surface area contributed by atoms with E-state index in [1.54, 1.807) is 17.6 Å². The highest BCUT2D eigenvalue weighted by Gasteiger charge is 2.08. The Balaban J connectivity index is 1.76. The molecule has 0 spiro atoms. The SMILES string of the molecule is CCc1cc(C(=O)N/N=C\c2c(C)[nH]c3ccccc23)cs1. The Bertz CT molecular complexity index is 845. The van der Waals surface area contributed by atoms with Gasteiger partial charge in [0.15, 0.2) is 0 Å². The van der Waals surface area contributed by atoms with Gasteiger partial charge in [-0.25, -0.2) is 5.43 Å². The summed E-state index contributed by atoms with van der Waals surface area (Å²) < 4.78 is 0. The van der Waals surface area contributed by atoms with E-state index in [2.05, 4.69) is 22.4 Å². The molecular weight excluding hydrogens is 294 g/mol. The van der Waals surface area contributed by atoms with Crippen LogP contribution in [0, 0.1) is 6.92 Å². The molecule has 4 nitrogen and oxygen atoms in total. The van der Waals surface area contributed by atoms with Gasteiger partial charge < -0.3 is 4.98 Å². The number of thiophene rings is 1. The molecule has 0 atom stereocenters. The molecule has 22 heavy (non-hydrogen) atoms. The van der Waals surface area contributed by atoms with E-state index in [9.17, 15) is 4.79 Å². The van der Waals surface area contributed by atoms with Gasteiger partial charge in [-0.05, 0) is 25.5 Å². The quantitative estimate of drug-likeness (QED) is 0.558. The first-order chi connectivity index (χ1) is 10.7. The number of para-hydroxylation sites is 1. The van der Waals surface area contributed by atoms with E-state index in [0.717, 1.165) is 28.6 Å². The Hall–Kier alpha value is -2.40. The van der Waals surface area contributed by atoms with Gasteiger partial charge in [-0.1, -0.05) is 25.1 Å². The number of carbonyl (C=O) groups is 1. The Morgan fingerprint density at radius 1 is 1.41 bits per heavy atom. The molecule has 0 aliphatic carbocycles. The van der Waals surface area contributed by atoms with Crippen molar-refractivity contribution in [1.82, 2.24) is 10.4 Å². The van der Waals surface area contributed by atoms with Crippen molar-refractivity contribution in [2.24, 2.45) is 5.10 Å².